The minimum Gasteiger partial charge on any atom is -0.382 e. The van der Waals surface area contributed by atoms with Crippen LogP contribution in [0.4, 0.5) is 5.69 Å². The van der Waals surface area contributed by atoms with Crippen molar-refractivity contribution >= 4 is 15.5 Å². The molecule has 1 aliphatic rings. The molecule has 0 unspecified atom stereocenters. The van der Waals surface area contributed by atoms with Crippen molar-refractivity contribution in [3.8, 4) is 0 Å². The molecule has 0 bridgehead atoms. The van der Waals surface area contributed by atoms with E-state index in [-0.39, 0.29) is 5.75 Å². The summed E-state index contributed by atoms with van der Waals surface area (Å²) in [5.74, 6) is 1.12. The van der Waals surface area contributed by atoms with Gasteiger partial charge in [-0.3, -0.25) is 0 Å². The minimum absolute atomic E-state index is 0.223. The van der Waals surface area contributed by atoms with Crippen LogP contribution in [-0.2, 0) is 9.84 Å². The fraction of sp³-hybridized carbons (Fsp3) is 0.647. The number of hydrogen-bond donors (Lipinski definition) is 1. The number of rotatable bonds is 6. The summed E-state index contributed by atoms with van der Waals surface area (Å²) in [6.07, 6.45) is 6.98. The van der Waals surface area contributed by atoms with Crippen molar-refractivity contribution < 1.29 is 8.42 Å². The van der Waals surface area contributed by atoms with Crippen molar-refractivity contribution in [2.45, 2.75) is 63.3 Å². The Morgan fingerprint density at radius 1 is 1.05 bits per heavy atom. The van der Waals surface area contributed by atoms with E-state index in [0.717, 1.165) is 11.6 Å². The van der Waals surface area contributed by atoms with Gasteiger partial charge in [0.25, 0.3) is 0 Å². The molecule has 1 fully saturated rings. The summed E-state index contributed by atoms with van der Waals surface area (Å²) in [4.78, 5) is 0.435. The van der Waals surface area contributed by atoms with Crippen LogP contribution in [0, 0.1) is 5.92 Å². The third-order valence-corrected chi connectivity index (χ3v) is 6.42. The van der Waals surface area contributed by atoms with Crippen LogP contribution in [0.1, 0.15) is 52.4 Å². The van der Waals surface area contributed by atoms with E-state index < -0.39 is 9.84 Å². The molecule has 0 spiro atoms. The average molecular weight is 309 g/mol. The van der Waals surface area contributed by atoms with Crippen LogP contribution >= 0.6 is 0 Å². The number of nitrogens with one attached hydrogen (secondary N) is 1. The molecule has 0 radical (unpaired) electrons. The molecule has 1 N–H and O–H groups in total. The Morgan fingerprint density at radius 2 is 1.67 bits per heavy atom. The van der Waals surface area contributed by atoms with Crippen molar-refractivity contribution in [2.75, 3.05) is 11.1 Å². The highest BCUT2D eigenvalue weighted by atomic mass is 32.2. The van der Waals surface area contributed by atoms with E-state index in [9.17, 15) is 8.42 Å². The van der Waals surface area contributed by atoms with Crippen LogP contribution in [0.25, 0.3) is 0 Å². The van der Waals surface area contributed by atoms with Crippen LogP contribution < -0.4 is 5.32 Å². The topological polar surface area (TPSA) is 46.2 Å². The quantitative estimate of drug-likeness (QED) is 0.854. The first-order valence-corrected chi connectivity index (χ1v) is 9.79. The molecule has 21 heavy (non-hydrogen) atoms. The lowest BCUT2D eigenvalue weighted by Gasteiger charge is -2.29. The first kappa shape index (κ1) is 16.3. The van der Waals surface area contributed by atoms with E-state index in [1.165, 1.54) is 32.1 Å². The molecule has 0 saturated heterocycles. The third kappa shape index (κ3) is 4.47. The molecule has 0 amide bonds. The summed E-state index contributed by atoms with van der Waals surface area (Å²) in [5, 5.41) is 3.54. The van der Waals surface area contributed by atoms with Crippen LogP contribution in [0.15, 0.2) is 29.2 Å². The maximum atomic E-state index is 12.0. The van der Waals surface area contributed by atoms with Crippen LogP contribution in [0.5, 0.6) is 0 Å². The highest BCUT2D eigenvalue weighted by molar-refractivity contribution is 7.91. The monoisotopic (exact) mass is 309 g/mol. The summed E-state index contributed by atoms with van der Waals surface area (Å²) in [5.41, 5.74) is 1.03. The van der Waals surface area contributed by atoms with Gasteiger partial charge in [-0.05, 0) is 62.3 Å². The van der Waals surface area contributed by atoms with Crippen molar-refractivity contribution in [1.29, 1.82) is 0 Å². The summed E-state index contributed by atoms with van der Waals surface area (Å²) >= 11 is 0. The molecule has 0 aromatic heterocycles. The fourth-order valence-corrected chi connectivity index (χ4v) is 4.42. The van der Waals surface area contributed by atoms with Gasteiger partial charge >= 0.3 is 0 Å². The molecule has 1 aromatic rings. The summed E-state index contributed by atoms with van der Waals surface area (Å²) in [6, 6.07) is 7.78. The zero-order valence-corrected chi connectivity index (χ0v) is 14.0. The van der Waals surface area contributed by atoms with Gasteiger partial charge in [0.1, 0.15) is 0 Å². The summed E-state index contributed by atoms with van der Waals surface area (Å²) in [6.45, 7) is 4.16. The normalized spacial score (nSPS) is 23.0. The second kappa shape index (κ2) is 7.30. The maximum absolute atomic E-state index is 12.0. The van der Waals surface area contributed by atoms with Crippen molar-refractivity contribution in [1.82, 2.24) is 0 Å². The van der Waals surface area contributed by atoms with Crippen molar-refractivity contribution in [3.05, 3.63) is 24.3 Å². The number of anilines is 1. The van der Waals surface area contributed by atoms with Crippen LogP contribution in [0.3, 0.4) is 0 Å². The lowest BCUT2D eigenvalue weighted by Crippen LogP contribution is -2.25. The smallest absolute Gasteiger partial charge is 0.178 e. The van der Waals surface area contributed by atoms with E-state index in [1.54, 1.807) is 12.1 Å². The third-order valence-electron chi connectivity index (χ3n) is 4.48. The van der Waals surface area contributed by atoms with Crippen LogP contribution in [-0.4, -0.2) is 20.2 Å². The van der Waals surface area contributed by atoms with Gasteiger partial charge in [0, 0.05) is 11.7 Å². The maximum Gasteiger partial charge on any atom is 0.178 e. The van der Waals surface area contributed by atoms with Gasteiger partial charge in [-0.1, -0.05) is 20.3 Å². The van der Waals surface area contributed by atoms with Gasteiger partial charge in [-0.15, -0.1) is 0 Å². The molecule has 0 heterocycles. The molecule has 4 heteroatoms. The fourth-order valence-electron chi connectivity index (χ4n) is 3.10. The molecule has 1 aromatic carbocycles. The molecular formula is C17H27NO2S. The second-order valence-corrected chi connectivity index (χ2v) is 8.22. The molecule has 2 rings (SSSR count). The van der Waals surface area contributed by atoms with Crippen molar-refractivity contribution in [2.24, 2.45) is 5.92 Å². The summed E-state index contributed by atoms with van der Waals surface area (Å²) < 4.78 is 24.0. The summed E-state index contributed by atoms with van der Waals surface area (Å²) in [7, 11) is -3.10. The highest BCUT2D eigenvalue weighted by Crippen LogP contribution is 2.28. The van der Waals surface area contributed by atoms with Gasteiger partial charge in [-0.2, -0.15) is 0 Å². The Bertz CT molecular complexity index is 528. The zero-order valence-electron chi connectivity index (χ0n) is 13.1. The number of hydrogen-bond acceptors (Lipinski definition) is 3. The second-order valence-electron chi connectivity index (χ2n) is 6.11. The Hall–Kier alpha value is -1.03. The minimum atomic E-state index is -3.10. The van der Waals surface area contributed by atoms with Crippen LogP contribution in [0.2, 0.25) is 0 Å². The molecule has 1 saturated carbocycles. The highest BCUT2D eigenvalue weighted by Gasteiger charge is 2.20. The molecule has 0 aliphatic heterocycles. The molecular weight excluding hydrogens is 282 g/mol. The molecule has 0 atom stereocenters. The number of sulfone groups is 1. The lowest BCUT2D eigenvalue weighted by molar-refractivity contribution is 0.330. The lowest BCUT2D eigenvalue weighted by atomic mass is 9.84. The SMILES string of the molecule is CCCS(=O)(=O)c1ccc(NC2CCC(CC)CC2)cc1. The Balaban J connectivity index is 1.94. The zero-order chi connectivity index (χ0) is 15.3. The largest absolute Gasteiger partial charge is 0.382 e. The number of benzene rings is 1. The first-order valence-electron chi connectivity index (χ1n) is 8.14. The Morgan fingerprint density at radius 3 is 2.19 bits per heavy atom. The van der Waals surface area contributed by atoms with E-state index in [4.69, 9.17) is 0 Å². The first-order chi connectivity index (χ1) is 10.0. The van der Waals surface area contributed by atoms with Gasteiger partial charge in [0.05, 0.1) is 10.6 Å². The van der Waals surface area contributed by atoms with Gasteiger partial charge in [0.15, 0.2) is 9.84 Å². The Labute approximate surface area is 129 Å². The van der Waals surface area contributed by atoms with Gasteiger partial charge in [0.2, 0.25) is 0 Å². The molecule has 118 valence electrons. The predicted molar refractivity (Wildman–Crippen MR) is 88.4 cm³/mol. The van der Waals surface area contributed by atoms with E-state index in [1.807, 2.05) is 19.1 Å². The Kier molecular flexibility index (Phi) is 5.68. The van der Waals surface area contributed by atoms with E-state index in [0.29, 0.717) is 17.4 Å². The van der Waals surface area contributed by atoms with E-state index >= 15 is 0 Å². The molecule has 1 aliphatic carbocycles. The standard InChI is InChI=1S/C17H27NO2S/c1-3-13-21(19,20)17-11-9-16(10-12-17)18-15-7-5-14(4-2)6-8-15/h9-12,14-15,18H,3-8,13H2,1-2H3. The predicted octanol–water partition coefficient (Wildman–Crippen LogP) is 4.25. The van der Waals surface area contributed by atoms with Gasteiger partial charge < -0.3 is 5.32 Å². The van der Waals surface area contributed by atoms with E-state index in [2.05, 4.69) is 12.2 Å². The van der Waals surface area contributed by atoms with Gasteiger partial charge in [-0.25, -0.2) is 8.42 Å². The molecule has 3 nitrogen and oxygen atoms in total. The van der Waals surface area contributed by atoms with Crippen molar-refractivity contribution in [3.63, 3.8) is 0 Å². The average Bonchev–Trinajstić information content (AvgIpc) is 2.48.